The Hall–Kier alpha value is -1.98. The molecule has 1 N–H and O–H groups in total. The van der Waals surface area contributed by atoms with Crippen LogP contribution in [0.4, 0.5) is 5.69 Å². The number of anilines is 1. The topological polar surface area (TPSA) is 55.4 Å². The lowest BCUT2D eigenvalue weighted by Crippen LogP contribution is -2.20. The number of aryl methyl sites for hydroxylation is 1. The summed E-state index contributed by atoms with van der Waals surface area (Å²) in [6.45, 7) is 3.66. The number of halogens is 1. The predicted molar refractivity (Wildman–Crippen MR) is 104 cm³/mol. The molecule has 0 radical (unpaired) electrons. The van der Waals surface area contributed by atoms with Gasteiger partial charge in [-0.3, -0.25) is 9.59 Å². The van der Waals surface area contributed by atoms with Gasteiger partial charge in [0.1, 0.15) is 5.75 Å². The van der Waals surface area contributed by atoms with E-state index in [9.17, 15) is 9.59 Å². The highest BCUT2D eigenvalue weighted by atomic mass is 35.5. The number of carbonyl (C=O) groups excluding carboxylic acids is 2. The molecule has 0 saturated carbocycles. The smallest absolute Gasteiger partial charge is 0.234 e. The van der Waals surface area contributed by atoms with Crippen molar-refractivity contribution in [3.8, 4) is 5.75 Å². The highest BCUT2D eigenvalue weighted by molar-refractivity contribution is 8.01. The average molecular weight is 378 g/mol. The van der Waals surface area contributed by atoms with Gasteiger partial charge in [-0.2, -0.15) is 0 Å². The van der Waals surface area contributed by atoms with E-state index in [0.717, 1.165) is 5.56 Å². The maximum absolute atomic E-state index is 12.3. The van der Waals surface area contributed by atoms with E-state index < -0.39 is 0 Å². The van der Waals surface area contributed by atoms with Gasteiger partial charge in [-0.05, 0) is 25.5 Å². The Morgan fingerprint density at radius 3 is 2.56 bits per heavy atom. The number of ether oxygens (including phenoxy) is 1. The summed E-state index contributed by atoms with van der Waals surface area (Å²) < 4.78 is 5.24. The average Bonchev–Trinajstić information content (AvgIpc) is 2.62. The molecule has 0 bridgehead atoms. The molecule has 0 heterocycles. The van der Waals surface area contributed by atoms with E-state index in [4.69, 9.17) is 16.3 Å². The molecule has 2 aromatic rings. The van der Waals surface area contributed by atoms with Gasteiger partial charge in [0.2, 0.25) is 5.91 Å². The summed E-state index contributed by atoms with van der Waals surface area (Å²) in [6.07, 6.45) is 0. The highest BCUT2D eigenvalue weighted by Gasteiger charge is 2.17. The summed E-state index contributed by atoms with van der Waals surface area (Å²) >= 11 is 7.36. The van der Waals surface area contributed by atoms with Gasteiger partial charge in [0.25, 0.3) is 0 Å². The molecular formula is C19H20ClNO3S. The Balaban J connectivity index is 1.95. The van der Waals surface area contributed by atoms with Crippen molar-refractivity contribution in [1.29, 1.82) is 0 Å². The minimum atomic E-state index is -0.304. The van der Waals surface area contributed by atoms with E-state index in [2.05, 4.69) is 5.32 Å². The summed E-state index contributed by atoms with van der Waals surface area (Å²) in [6, 6.07) is 12.5. The zero-order valence-corrected chi connectivity index (χ0v) is 15.9. The Bertz CT molecular complexity index is 765. The van der Waals surface area contributed by atoms with Crippen LogP contribution >= 0.6 is 23.4 Å². The van der Waals surface area contributed by atoms with Crippen molar-refractivity contribution in [2.45, 2.75) is 19.1 Å². The molecule has 4 nitrogen and oxygen atoms in total. The lowest BCUT2D eigenvalue weighted by atomic mass is 10.1. The fourth-order valence-electron chi connectivity index (χ4n) is 2.23. The third kappa shape index (κ3) is 5.25. The van der Waals surface area contributed by atoms with Crippen LogP contribution in [-0.4, -0.2) is 29.8 Å². The number of amides is 1. The third-order valence-corrected chi connectivity index (χ3v) is 5.20. The van der Waals surface area contributed by atoms with E-state index >= 15 is 0 Å². The SMILES string of the molecule is COc1cc(Cl)c(C)cc1NC(=O)CSC(C)C(=O)c1ccccc1. The van der Waals surface area contributed by atoms with Crippen molar-refractivity contribution in [3.05, 3.63) is 58.6 Å². The molecule has 6 heteroatoms. The fourth-order valence-corrected chi connectivity index (χ4v) is 3.14. The monoisotopic (exact) mass is 377 g/mol. The van der Waals surface area contributed by atoms with Crippen molar-refractivity contribution < 1.29 is 14.3 Å². The molecule has 25 heavy (non-hydrogen) atoms. The van der Waals surface area contributed by atoms with Gasteiger partial charge >= 0.3 is 0 Å². The Kier molecular flexibility index (Phi) is 6.91. The Morgan fingerprint density at radius 1 is 1.24 bits per heavy atom. The predicted octanol–water partition coefficient (Wildman–Crippen LogP) is 4.60. The largest absolute Gasteiger partial charge is 0.495 e. The number of hydrogen-bond donors (Lipinski definition) is 1. The van der Waals surface area contributed by atoms with E-state index in [-0.39, 0.29) is 22.7 Å². The van der Waals surface area contributed by atoms with Crippen LogP contribution in [-0.2, 0) is 4.79 Å². The summed E-state index contributed by atoms with van der Waals surface area (Å²) in [4.78, 5) is 24.5. The summed E-state index contributed by atoms with van der Waals surface area (Å²) in [5.74, 6) is 0.489. The molecule has 0 aliphatic heterocycles. The maximum Gasteiger partial charge on any atom is 0.234 e. The van der Waals surface area contributed by atoms with Crippen LogP contribution in [0.2, 0.25) is 5.02 Å². The molecule has 1 amide bonds. The van der Waals surface area contributed by atoms with Crippen LogP contribution < -0.4 is 10.1 Å². The zero-order valence-electron chi connectivity index (χ0n) is 14.3. The van der Waals surface area contributed by atoms with E-state index in [1.165, 1.54) is 18.9 Å². The number of Topliss-reactive ketones (excluding diaryl/α,β-unsaturated/α-hetero) is 1. The molecule has 0 spiro atoms. The molecule has 2 rings (SSSR count). The third-order valence-electron chi connectivity index (χ3n) is 3.65. The van der Waals surface area contributed by atoms with Gasteiger partial charge in [0.05, 0.1) is 23.8 Å². The van der Waals surface area contributed by atoms with Gasteiger partial charge in [0, 0.05) is 16.7 Å². The summed E-state index contributed by atoms with van der Waals surface area (Å²) in [5, 5.41) is 3.08. The van der Waals surface area contributed by atoms with Crippen LogP contribution in [0.1, 0.15) is 22.8 Å². The first-order valence-electron chi connectivity index (χ1n) is 7.77. The van der Waals surface area contributed by atoms with Crippen LogP contribution in [0.25, 0.3) is 0 Å². The lowest BCUT2D eigenvalue weighted by molar-refractivity contribution is -0.113. The number of rotatable bonds is 7. The van der Waals surface area contributed by atoms with Crippen molar-refractivity contribution in [2.24, 2.45) is 0 Å². The molecular weight excluding hydrogens is 358 g/mol. The minimum Gasteiger partial charge on any atom is -0.495 e. The second kappa shape index (κ2) is 8.92. The van der Waals surface area contributed by atoms with Crippen LogP contribution in [0.3, 0.4) is 0 Å². The van der Waals surface area contributed by atoms with Crippen molar-refractivity contribution in [3.63, 3.8) is 0 Å². The molecule has 0 saturated heterocycles. The second-order valence-corrected chi connectivity index (χ2v) is 7.27. The quantitative estimate of drug-likeness (QED) is 0.716. The summed E-state index contributed by atoms with van der Waals surface area (Å²) in [7, 11) is 1.52. The molecule has 0 aliphatic rings. The molecule has 2 aromatic carbocycles. The van der Waals surface area contributed by atoms with Crippen LogP contribution in [0.15, 0.2) is 42.5 Å². The Labute approximate surface area is 156 Å². The molecule has 0 aliphatic carbocycles. The van der Waals surface area contributed by atoms with Gasteiger partial charge in [-0.15, -0.1) is 11.8 Å². The first-order valence-corrected chi connectivity index (χ1v) is 9.20. The van der Waals surface area contributed by atoms with Crippen LogP contribution in [0, 0.1) is 6.92 Å². The van der Waals surface area contributed by atoms with Gasteiger partial charge < -0.3 is 10.1 Å². The fraction of sp³-hybridized carbons (Fsp3) is 0.263. The molecule has 132 valence electrons. The van der Waals surface area contributed by atoms with E-state index in [1.807, 2.05) is 25.1 Å². The van der Waals surface area contributed by atoms with Crippen molar-refractivity contribution in [1.82, 2.24) is 0 Å². The standard InChI is InChI=1S/C19H20ClNO3S/c1-12-9-16(17(24-3)10-15(12)20)21-18(22)11-25-13(2)19(23)14-7-5-4-6-8-14/h4-10,13H,11H2,1-3H3,(H,21,22). The molecule has 0 aromatic heterocycles. The van der Waals surface area contributed by atoms with Gasteiger partial charge in [0.15, 0.2) is 5.78 Å². The molecule has 1 unspecified atom stereocenters. The first kappa shape index (κ1) is 19.3. The molecule has 1 atom stereocenters. The molecule has 0 fully saturated rings. The number of hydrogen-bond acceptors (Lipinski definition) is 4. The highest BCUT2D eigenvalue weighted by Crippen LogP contribution is 2.31. The normalized spacial score (nSPS) is 11.7. The number of carbonyl (C=O) groups is 2. The number of methoxy groups -OCH3 is 1. The second-order valence-electron chi connectivity index (χ2n) is 5.53. The number of benzene rings is 2. The van der Waals surface area contributed by atoms with E-state index in [0.29, 0.717) is 22.0 Å². The zero-order chi connectivity index (χ0) is 18.4. The van der Waals surface area contributed by atoms with Gasteiger partial charge in [-0.1, -0.05) is 41.9 Å². The number of thioether (sulfide) groups is 1. The lowest BCUT2D eigenvalue weighted by Gasteiger charge is -2.13. The van der Waals surface area contributed by atoms with Crippen LogP contribution in [0.5, 0.6) is 5.75 Å². The van der Waals surface area contributed by atoms with E-state index in [1.54, 1.807) is 31.2 Å². The Morgan fingerprint density at radius 2 is 1.92 bits per heavy atom. The minimum absolute atomic E-state index is 0.0123. The first-order chi connectivity index (χ1) is 11.9. The van der Waals surface area contributed by atoms with Crippen molar-refractivity contribution in [2.75, 3.05) is 18.2 Å². The maximum atomic E-state index is 12.3. The number of ketones is 1. The summed E-state index contributed by atoms with van der Waals surface area (Å²) in [5.41, 5.74) is 2.06. The van der Waals surface area contributed by atoms with Gasteiger partial charge in [-0.25, -0.2) is 0 Å². The van der Waals surface area contributed by atoms with Crippen molar-refractivity contribution >= 4 is 40.7 Å². The number of nitrogens with one attached hydrogen (secondary N) is 1.